The summed E-state index contributed by atoms with van der Waals surface area (Å²) in [7, 11) is 0. The number of anilines is 1. The van der Waals surface area contributed by atoms with Gasteiger partial charge in [0.1, 0.15) is 11.5 Å². The molecule has 2 atom stereocenters. The van der Waals surface area contributed by atoms with Crippen molar-refractivity contribution in [3.05, 3.63) is 17.6 Å². The molecule has 0 radical (unpaired) electrons. The van der Waals surface area contributed by atoms with E-state index in [2.05, 4.69) is 31.8 Å². The number of amides is 2. The molecule has 7 nitrogen and oxygen atoms in total. The van der Waals surface area contributed by atoms with Crippen molar-refractivity contribution < 1.29 is 9.90 Å². The monoisotopic (exact) mass is 371 g/mol. The quantitative estimate of drug-likeness (QED) is 0.852. The molecule has 1 unspecified atom stereocenters. The Bertz CT molecular complexity index is 820. The first-order valence-corrected chi connectivity index (χ1v) is 9.99. The number of amidine groups is 1. The molecule has 3 heterocycles. The summed E-state index contributed by atoms with van der Waals surface area (Å²) in [6, 6.07) is 0.0963. The normalized spacial score (nSPS) is 27.6. The number of H-pyrrole nitrogens is 1. The average molecular weight is 371 g/mol. The van der Waals surface area contributed by atoms with Crippen LogP contribution in [-0.2, 0) is 0 Å². The molecule has 2 N–H and O–H groups in total. The van der Waals surface area contributed by atoms with Gasteiger partial charge in [-0.25, -0.2) is 9.78 Å². The van der Waals surface area contributed by atoms with E-state index in [1.807, 2.05) is 6.92 Å². The summed E-state index contributed by atoms with van der Waals surface area (Å²) in [5, 5.41) is 10.2. The van der Waals surface area contributed by atoms with Gasteiger partial charge in [-0.2, -0.15) is 0 Å². The highest BCUT2D eigenvalue weighted by Gasteiger charge is 2.43. The molecule has 0 saturated carbocycles. The number of carbonyl (C=O) groups excluding carboxylic acids is 1. The second-order valence-electron chi connectivity index (χ2n) is 8.52. The van der Waals surface area contributed by atoms with Gasteiger partial charge in [0.25, 0.3) is 0 Å². The predicted molar refractivity (Wildman–Crippen MR) is 106 cm³/mol. The number of aromatic amines is 1. The summed E-state index contributed by atoms with van der Waals surface area (Å²) < 4.78 is 0. The van der Waals surface area contributed by atoms with E-state index in [0.717, 1.165) is 35.8 Å². The van der Waals surface area contributed by atoms with Crippen molar-refractivity contribution >= 4 is 23.3 Å². The van der Waals surface area contributed by atoms with Crippen molar-refractivity contribution in [2.45, 2.75) is 65.0 Å². The molecule has 27 heavy (non-hydrogen) atoms. The van der Waals surface area contributed by atoms with Crippen molar-refractivity contribution in [3.63, 3.8) is 0 Å². The predicted octanol–water partition coefficient (Wildman–Crippen LogP) is 3.16. The molecule has 1 aromatic rings. The SMILES string of the molecule is CCCN1C(=O)N2C[C@@H](C(C)C)N=C2c2[nH]c(C3=CCC(C)(O)CC3)nc21. The molecule has 0 aromatic carbocycles. The van der Waals surface area contributed by atoms with E-state index in [4.69, 9.17) is 9.98 Å². The van der Waals surface area contributed by atoms with E-state index in [9.17, 15) is 9.90 Å². The van der Waals surface area contributed by atoms with Crippen molar-refractivity contribution in [3.8, 4) is 0 Å². The number of hydrogen-bond donors (Lipinski definition) is 2. The van der Waals surface area contributed by atoms with Crippen molar-refractivity contribution in [1.82, 2.24) is 14.9 Å². The fraction of sp³-hybridized carbons (Fsp3) is 0.650. The number of aliphatic imine (C=N–C) groups is 1. The number of aromatic nitrogens is 2. The minimum Gasteiger partial charge on any atom is -0.390 e. The summed E-state index contributed by atoms with van der Waals surface area (Å²) in [6.07, 6.45) is 5.03. The van der Waals surface area contributed by atoms with Gasteiger partial charge in [-0.05, 0) is 44.1 Å². The van der Waals surface area contributed by atoms with Crippen LogP contribution in [0.3, 0.4) is 0 Å². The second-order valence-corrected chi connectivity index (χ2v) is 8.52. The molecule has 1 aliphatic carbocycles. The standard InChI is InChI=1S/C20H29N5O2/c1-5-10-24-18-15(17-21-14(12(2)3)11-25(17)19(24)26)22-16(23-18)13-6-8-20(4,27)9-7-13/h6,12,14,27H,5,7-11H2,1-4H3,(H,22,23)/t14-,20?/m0/s1. The van der Waals surface area contributed by atoms with E-state index in [-0.39, 0.29) is 12.1 Å². The van der Waals surface area contributed by atoms with Gasteiger partial charge in [0, 0.05) is 6.54 Å². The number of hydrogen-bond acceptors (Lipinski definition) is 4. The lowest BCUT2D eigenvalue weighted by molar-refractivity contribution is 0.0523. The zero-order chi connectivity index (χ0) is 19.3. The van der Waals surface area contributed by atoms with E-state index in [1.165, 1.54) is 0 Å². The molecule has 2 amide bonds. The smallest absolute Gasteiger partial charge is 0.331 e. The average Bonchev–Trinajstić information content (AvgIpc) is 3.23. The van der Waals surface area contributed by atoms with Gasteiger partial charge in [-0.3, -0.25) is 14.8 Å². The molecule has 3 aliphatic rings. The number of nitrogens with one attached hydrogen (secondary N) is 1. The van der Waals surface area contributed by atoms with Gasteiger partial charge in [-0.15, -0.1) is 0 Å². The highest BCUT2D eigenvalue weighted by atomic mass is 16.3. The van der Waals surface area contributed by atoms with E-state index in [1.54, 1.807) is 9.80 Å². The highest BCUT2D eigenvalue weighted by Crippen LogP contribution is 2.36. The van der Waals surface area contributed by atoms with E-state index in [0.29, 0.717) is 37.7 Å². The van der Waals surface area contributed by atoms with E-state index >= 15 is 0 Å². The fourth-order valence-electron chi connectivity index (χ4n) is 3.96. The maximum absolute atomic E-state index is 13.1. The van der Waals surface area contributed by atoms with Crippen LogP contribution in [0.5, 0.6) is 0 Å². The van der Waals surface area contributed by atoms with E-state index < -0.39 is 5.60 Å². The van der Waals surface area contributed by atoms with Crippen molar-refractivity contribution in [2.24, 2.45) is 10.9 Å². The van der Waals surface area contributed by atoms with Crippen LogP contribution in [0.15, 0.2) is 11.1 Å². The van der Waals surface area contributed by atoms with Gasteiger partial charge >= 0.3 is 6.03 Å². The summed E-state index contributed by atoms with van der Waals surface area (Å²) >= 11 is 0. The number of imidazole rings is 1. The number of urea groups is 1. The topological polar surface area (TPSA) is 84.8 Å². The van der Waals surface area contributed by atoms with Gasteiger partial charge in [0.15, 0.2) is 11.7 Å². The molecule has 0 saturated heterocycles. The molecule has 146 valence electrons. The molecule has 7 heteroatoms. The Morgan fingerprint density at radius 1 is 1.44 bits per heavy atom. The number of aliphatic hydroxyl groups is 1. The first-order valence-electron chi connectivity index (χ1n) is 9.99. The fourth-order valence-corrected chi connectivity index (χ4v) is 3.96. The van der Waals surface area contributed by atoms with Gasteiger partial charge in [0.05, 0.1) is 18.2 Å². The third kappa shape index (κ3) is 3.08. The molecule has 4 rings (SSSR count). The third-order valence-electron chi connectivity index (χ3n) is 5.78. The highest BCUT2D eigenvalue weighted by molar-refractivity contribution is 6.18. The second kappa shape index (κ2) is 6.48. The van der Waals surface area contributed by atoms with Crippen LogP contribution in [0.2, 0.25) is 0 Å². The number of fused-ring (bicyclic) bond motifs is 3. The van der Waals surface area contributed by atoms with Crippen LogP contribution in [-0.4, -0.2) is 56.6 Å². The number of nitrogens with zero attached hydrogens (tertiary/aromatic N) is 4. The zero-order valence-electron chi connectivity index (χ0n) is 16.6. The van der Waals surface area contributed by atoms with Crippen LogP contribution >= 0.6 is 0 Å². The Morgan fingerprint density at radius 3 is 2.85 bits per heavy atom. The Hall–Kier alpha value is -2.15. The molecule has 0 fully saturated rings. The van der Waals surface area contributed by atoms with Crippen LogP contribution in [0, 0.1) is 5.92 Å². The van der Waals surface area contributed by atoms with Gasteiger partial charge in [-0.1, -0.05) is 26.8 Å². The maximum atomic E-state index is 13.1. The minimum atomic E-state index is -0.642. The number of carbonyl (C=O) groups is 1. The third-order valence-corrected chi connectivity index (χ3v) is 5.78. The Labute approximate surface area is 160 Å². The van der Waals surface area contributed by atoms with Crippen LogP contribution in [0.4, 0.5) is 10.6 Å². The van der Waals surface area contributed by atoms with Crippen LogP contribution in [0.1, 0.15) is 64.9 Å². The summed E-state index contributed by atoms with van der Waals surface area (Å²) in [5.41, 5.74) is 1.31. The lowest BCUT2D eigenvalue weighted by Crippen LogP contribution is -2.50. The van der Waals surface area contributed by atoms with Gasteiger partial charge in [0.2, 0.25) is 0 Å². The molecule has 2 aliphatic heterocycles. The van der Waals surface area contributed by atoms with Crippen LogP contribution in [0.25, 0.3) is 5.57 Å². The summed E-state index contributed by atoms with van der Waals surface area (Å²) in [6.45, 7) is 9.48. The van der Waals surface area contributed by atoms with Crippen molar-refractivity contribution in [2.75, 3.05) is 18.0 Å². The lowest BCUT2D eigenvalue weighted by Gasteiger charge is -2.32. The Kier molecular flexibility index (Phi) is 4.37. The Morgan fingerprint density at radius 2 is 2.22 bits per heavy atom. The van der Waals surface area contributed by atoms with Crippen LogP contribution < -0.4 is 4.90 Å². The van der Waals surface area contributed by atoms with Crippen molar-refractivity contribution in [1.29, 1.82) is 0 Å². The first kappa shape index (κ1) is 18.2. The molecular weight excluding hydrogens is 342 g/mol. The lowest BCUT2D eigenvalue weighted by atomic mass is 9.87. The molecular formula is C20H29N5O2. The first-order chi connectivity index (χ1) is 12.8. The minimum absolute atomic E-state index is 0.0233. The molecule has 0 spiro atoms. The summed E-state index contributed by atoms with van der Waals surface area (Å²) in [4.78, 5) is 29.7. The molecule has 1 aromatic heterocycles. The largest absolute Gasteiger partial charge is 0.390 e. The molecule has 0 bridgehead atoms. The number of rotatable bonds is 4. The zero-order valence-corrected chi connectivity index (χ0v) is 16.6. The van der Waals surface area contributed by atoms with Gasteiger partial charge < -0.3 is 10.1 Å². The summed E-state index contributed by atoms with van der Waals surface area (Å²) in [5.74, 6) is 2.59. The Balaban J connectivity index is 1.75. The number of allylic oxidation sites excluding steroid dienone is 1. The maximum Gasteiger partial charge on any atom is 0.331 e.